The van der Waals surface area contributed by atoms with Crippen LogP contribution in [0.5, 0.6) is 0 Å². The van der Waals surface area contributed by atoms with E-state index in [1.807, 2.05) is 0 Å². The van der Waals surface area contributed by atoms with E-state index in [0.717, 1.165) is 12.1 Å². The van der Waals surface area contributed by atoms with Gasteiger partial charge in [-0.1, -0.05) is 6.58 Å². The molecule has 1 unspecified atom stereocenters. The third-order valence-electron chi connectivity index (χ3n) is 2.88. The number of hydrogen-bond donors (Lipinski definition) is 0. The van der Waals surface area contributed by atoms with E-state index in [1.165, 1.54) is 0 Å². The van der Waals surface area contributed by atoms with Gasteiger partial charge >= 0.3 is 14.5 Å². The first-order valence-electron chi connectivity index (χ1n) is 7.18. The van der Waals surface area contributed by atoms with Gasteiger partial charge in [0.2, 0.25) is 0 Å². The molecule has 0 aromatic heterocycles. The van der Waals surface area contributed by atoms with E-state index < -0.39 is 26.6 Å². The number of carbonyl (C=O) groups is 1. The molecule has 0 aliphatic heterocycles. The summed E-state index contributed by atoms with van der Waals surface area (Å²) in [5.41, 5.74) is 0.417. The van der Waals surface area contributed by atoms with Gasteiger partial charge in [-0.15, -0.1) is 0 Å². The molecule has 0 aromatic rings. The zero-order valence-electron chi connectivity index (χ0n) is 14.2. The van der Waals surface area contributed by atoms with Crippen LogP contribution in [0.2, 0.25) is 38.3 Å². The Morgan fingerprint density at radius 2 is 1.95 bits per heavy atom. The molecule has 0 saturated carbocycles. The fourth-order valence-electron chi connectivity index (χ4n) is 1.51. The zero-order chi connectivity index (χ0) is 16.5. The first kappa shape index (κ1) is 20.7. The third-order valence-corrected chi connectivity index (χ3v) is 10.7. The lowest BCUT2D eigenvalue weighted by Crippen LogP contribution is -2.39. The van der Waals surface area contributed by atoms with E-state index in [0.29, 0.717) is 18.8 Å². The smallest absolute Gasteiger partial charge is 0.333 e. The summed E-state index contributed by atoms with van der Waals surface area (Å²) in [6.45, 7) is 14.4. The SMILES string of the molecule is C=C(C)C(=O)OCCO[SiH](C)CC[Si](C)O[Si](C)(C)OC. The topological polar surface area (TPSA) is 54.0 Å². The number of carbonyl (C=O) groups excluding carboxylic acids is 1. The average molecular weight is 350 g/mol. The van der Waals surface area contributed by atoms with Gasteiger partial charge in [0.05, 0.1) is 6.61 Å². The Labute approximate surface area is 133 Å². The average Bonchev–Trinajstić information content (AvgIpc) is 2.40. The molecule has 123 valence electrons. The fourth-order valence-corrected chi connectivity index (χ4v) is 9.52. The fraction of sp³-hybridized carbons (Fsp3) is 0.769. The number of esters is 1. The summed E-state index contributed by atoms with van der Waals surface area (Å²) in [7, 11) is -2.23. The summed E-state index contributed by atoms with van der Waals surface area (Å²) in [5, 5.41) is 0. The standard InChI is InChI=1S/C13H29O5Si3/c1-12(2)13(14)16-8-9-17-19(4)10-11-20(5)18-21(6,7)15-3/h19H,1,8-11H2,2-7H3. The summed E-state index contributed by atoms with van der Waals surface area (Å²) in [6.07, 6.45) is 0. The van der Waals surface area contributed by atoms with Crippen molar-refractivity contribution >= 4 is 32.6 Å². The number of ether oxygens (including phenoxy) is 1. The van der Waals surface area contributed by atoms with Crippen molar-refractivity contribution in [1.29, 1.82) is 0 Å². The van der Waals surface area contributed by atoms with Crippen LogP contribution in [0, 0.1) is 0 Å². The van der Waals surface area contributed by atoms with Gasteiger partial charge < -0.3 is 17.7 Å². The van der Waals surface area contributed by atoms with Crippen molar-refractivity contribution in [3.8, 4) is 0 Å². The van der Waals surface area contributed by atoms with Crippen molar-refractivity contribution in [1.82, 2.24) is 0 Å². The lowest BCUT2D eigenvalue weighted by Gasteiger charge is -2.24. The van der Waals surface area contributed by atoms with Crippen LogP contribution in [0.25, 0.3) is 0 Å². The first-order chi connectivity index (χ1) is 9.68. The molecule has 0 amide bonds. The highest BCUT2D eigenvalue weighted by molar-refractivity contribution is 6.73. The van der Waals surface area contributed by atoms with Gasteiger partial charge in [-0.3, -0.25) is 0 Å². The summed E-state index contributed by atoms with van der Waals surface area (Å²) in [5.74, 6) is -0.355. The Kier molecular flexibility index (Phi) is 10.3. The van der Waals surface area contributed by atoms with Crippen molar-refractivity contribution in [2.45, 2.75) is 45.2 Å². The van der Waals surface area contributed by atoms with Crippen LogP contribution in [0.3, 0.4) is 0 Å². The highest BCUT2D eigenvalue weighted by atomic mass is 28.4. The lowest BCUT2D eigenvalue weighted by atomic mass is 10.4. The van der Waals surface area contributed by atoms with Gasteiger partial charge in [0.25, 0.3) is 0 Å². The summed E-state index contributed by atoms with van der Waals surface area (Å²) in [4.78, 5) is 11.2. The van der Waals surface area contributed by atoms with Gasteiger partial charge in [0.15, 0.2) is 18.1 Å². The minimum absolute atomic E-state index is 0.299. The molecular weight excluding hydrogens is 320 g/mol. The molecule has 0 N–H and O–H groups in total. The second-order valence-electron chi connectivity index (χ2n) is 5.54. The van der Waals surface area contributed by atoms with Crippen LogP contribution in [0.4, 0.5) is 0 Å². The Hall–Kier alpha value is -0.259. The molecule has 0 aliphatic carbocycles. The number of rotatable bonds is 11. The molecule has 0 rings (SSSR count). The van der Waals surface area contributed by atoms with Crippen molar-refractivity contribution in [2.24, 2.45) is 0 Å². The molecule has 0 spiro atoms. The quantitative estimate of drug-likeness (QED) is 0.248. The predicted octanol–water partition coefficient (Wildman–Crippen LogP) is 2.46. The summed E-state index contributed by atoms with van der Waals surface area (Å²) >= 11 is 0. The lowest BCUT2D eigenvalue weighted by molar-refractivity contribution is -0.139. The van der Waals surface area contributed by atoms with Crippen LogP contribution in [0.1, 0.15) is 6.92 Å². The molecule has 21 heavy (non-hydrogen) atoms. The Morgan fingerprint density at radius 1 is 1.33 bits per heavy atom. The highest BCUT2D eigenvalue weighted by Gasteiger charge is 2.26. The third kappa shape index (κ3) is 11.0. The van der Waals surface area contributed by atoms with Crippen molar-refractivity contribution in [3.05, 3.63) is 12.2 Å². The molecule has 0 aliphatic rings. The van der Waals surface area contributed by atoms with E-state index in [4.69, 9.17) is 17.7 Å². The Bertz CT molecular complexity index is 336. The van der Waals surface area contributed by atoms with Crippen molar-refractivity contribution in [3.63, 3.8) is 0 Å². The largest absolute Gasteiger partial charge is 0.460 e. The molecular formula is C13H29O5Si3. The second-order valence-corrected chi connectivity index (χ2v) is 14.0. The molecule has 0 saturated heterocycles. The van der Waals surface area contributed by atoms with Crippen molar-refractivity contribution in [2.75, 3.05) is 20.3 Å². The van der Waals surface area contributed by atoms with E-state index >= 15 is 0 Å². The van der Waals surface area contributed by atoms with Crippen LogP contribution in [-0.2, 0) is 22.5 Å². The first-order valence-corrected chi connectivity index (χ1v) is 14.6. The normalized spacial score (nSPS) is 13.3. The monoisotopic (exact) mass is 349 g/mol. The van der Waals surface area contributed by atoms with Crippen LogP contribution >= 0.6 is 0 Å². The zero-order valence-corrected chi connectivity index (χ0v) is 17.3. The summed E-state index contributed by atoms with van der Waals surface area (Å²) < 4.78 is 22.2. The summed E-state index contributed by atoms with van der Waals surface area (Å²) in [6, 6.07) is 2.15. The van der Waals surface area contributed by atoms with E-state index in [9.17, 15) is 4.79 Å². The van der Waals surface area contributed by atoms with Gasteiger partial charge in [-0.2, -0.15) is 0 Å². The molecule has 0 fully saturated rings. The maximum absolute atomic E-state index is 11.2. The van der Waals surface area contributed by atoms with Crippen LogP contribution in [0.15, 0.2) is 12.2 Å². The van der Waals surface area contributed by atoms with Crippen LogP contribution < -0.4 is 0 Å². The maximum atomic E-state index is 11.2. The molecule has 0 aromatic carbocycles. The van der Waals surface area contributed by atoms with Gasteiger partial charge in [-0.05, 0) is 45.2 Å². The van der Waals surface area contributed by atoms with Gasteiger partial charge in [-0.25, -0.2) is 4.79 Å². The van der Waals surface area contributed by atoms with Crippen LogP contribution in [-0.4, -0.2) is 52.9 Å². The molecule has 1 radical (unpaired) electrons. The van der Waals surface area contributed by atoms with Gasteiger partial charge in [0.1, 0.15) is 6.61 Å². The Balaban J connectivity index is 3.73. The minimum atomic E-state index is -1.91. The van der Waals surface area contributed by atoms with E-state index in [1.54, 1.807) is 14.0 Å². The predicted molar refractivity (Wildman–Crippen MR) is 91.5 cm³/mol. The van der Waals surface area contributed by atoms with Crippen molar-refractivity contribution < 1.29 is 22.5 Å². The molecule has 0 heterocycles. The molecule has 8 heteroatoms. The number of hydrogen-bond acceptors (Lipinski definition) is 5. The molecule has 1 atom stereocenters. The van der Waals surface area contributed by atoms with E-state index in [2.05, 4.69) is 32.8 Å². The molecule has 0 bridgehead atoms. The highest BCUT2D eigenvalue weighted by Crippen LogP contribution is 2.12. The molecule has 5 nitrogen and oxygen atoms in total. The second kappa shape index (κ2) is 10.5. The van der Waals surface area contributed by atoms with Gasteiger partial charge in [0, 0.05) is 12.7 Å². The minimum Gasteiger partial charge on any atom is -0.460 e. The van der Waals surface area contributed by atoms with E-state index in [-0.39, 0.29) is 5.97 Å². The maximum Gasteiger partial charge on any atom is 0.333 e. The Morgan fingerprint density at radius 3 is 2.48 bits per heavy atom.